The van der Waals surface area contributed by atoms with Crippen LogP contribution < -0.4 is 5.32 Å². The second kappa shape index (κ2) is 7.14. The first-order valence-electron chi connectivity index (χ1n) is 9.56. The number of nitrogens with one attached hydrogen (secondary N) is 1. The van der Waals surface area contributed by atoms with Crippen LogP contribution in [0, 0.1) is 17.8 Å². The predicted molar refractivity (Wildman–Crippen MR) is 95.9 cm³/mol. The van der Waals surface area contributed by atoms with E-state index in [4.69, 9.17) is 0 Å². The molecule has 0 unspecified atom stereocenters. The van der Waals surface area contributed by atoms with Crippen molar-refractivity contribution in [2.75, 3.05) is 39.3 Å². The lowest BCUT2D eigenvalue weighted by atomic mass is 9.86. The van der Waals surface area contributed by atoms with Gasteiger partial charge >= 0.3 is 6.03 Å². The average Bonchev–Trinajstić information content (AvgIpc) is 2.62. The van der Waals surface area contributed by atoms with Crippen molar-refractivity contribution in [2.24, 2.45) is 17.8 Å². The van der Waals surface area contributed by atoms with Crippen LogP contribution in [-0.2, 0) is 6.42 Å². The molecule has 1 N–H and O–H groups in total. The van der Waals surface area contributed by atoms with Crippen LogP contribution in [-0.4, -0.2) is 55.1 Å². The molecule has 4 rings (SSSR count). The van der Waals surface area contributed by atoms with Gasteiger partial charge in [-0.15, -0.1) is 0 Å². The van der Waals surface area contributed by atoms with Crippen molar-refractivity contribution in [2.45, 2.75) is 25.7 Å². The molecule has 130 valence electrons. The van der Waals surface area contributed by atoms with Crippen LogP contribution in [0.4, 0.5) is 4.79 Å². The number of urea groups is 1. The average molecular weight is 327 g/mol. The summed E-state index contributed by atoms with van der Waals surface area (Å²) >= 11 is 0. The number of benzene rings is 1. The van der Waals surface area contributed by atoms with Crippen LogP contribution in [0.2, 0.25) is 0 Å². The van der Waals surface area contributed by atoms with Gasteiger partial charge in [0.2, 0.25) is 0 Å². The number of rotatable bonds is 2. The highest BCUT2D eigenvalue weighted by Crippen LogP contribution is 2.27. The third kappa shape index (κ3) is 3.59. The van der Waals surface area contributed by atoms with Crippen LogP contribution >= 0.6 is 0 Å². The molecule has 0 saturated carbocycles. The van der Waals surface area contributed by atoms with Gasteiger partial charge in [-0.3, -0.25) is 0 Å². The van der Waals surface area contributed by atoms with E-state index in [0.29, 0.717) is 17.9 Å². The van der Waals surface area contributed by atoms with Crippen LogP contribution in [0.25, 0.3) is 0 Å². The van der Waals surface area contributed by atoms with Gasteiger partial charge in [0.1, 0.15) is 0 Å². The third-order valence-electron chi connectivity index (χ3n) is 6.01. The molecular formula is C20H29N3O. The van der Waals surface area contributed by atoms with Gasteiger partial charge in [-0.2, -0.15) is 0 Å². The molecule has 3 fully saturated rings. The van der Waals surface area contributed by atoms with Gasteiger partial charge in [-0.05, 0) is 62.1 Å². The Balaban J connectivity index is 1.28. The fourth-order valence-corrected chi connectivity index (χ4v) is 4.74. The molecule has 0 radical (unpaired) electrons. The van der Waals surface area contributed by atoms with E-state index in [9.17, 15) is 4.79 Å². The number of amides is 2. The normalized spacial score (nSPS) is 28.0. The Morgan fingerprint density at radius 3 is 2.33 bits per heavy atom. The van der Waals surface area contributed by atoms with Crippen molar-refractivity contribution in [1.82, 2.24) is 15.1 Å². The summed E-state index contributed by atoms with van der Waals surface area (Å²) in [6, 6.07) is 11.1. The number of piperidine rings is 3. The fraction of sp³-hybridized carbons (Fsp3) is 0.650. The summed E-state index contributed by atoms with van der Waals surface area (Å²) in [6.45, 7) is 5.93. The van der Waals surface area contributed by atoms with Crippen LogP contribution in [0.3, 0.4) is 0 Å². The molecule has 4 heteroatoms. The van der Waals surface area contributed by atoms with Gasteiger partial charge in [-0.1, -0.05) is 30.3 Å². The van der Waals surface area contributed by atoms with E-state index in [2.05, 4.69) is 45.4 Å². The third-order valence-corrected chi connectivity index (χ3v) is 6.01. The molecule has 0 spiro atoms. The summed E-state index contributed by atoms with van der Waals surface area (Å²) in [5.74, 6) is 2.05. The first kappa shape index (κ1) is 15.9. The van der Waals surface area contributed by atoms with Crippen LogP contribution in [0.15, 0.2) is 30.3 Å². The maximum absolute atomic E-state index is 12.9. The lowest BCUT2D eigenvalue weighted by Gasteiger charge is -2.44. The van der Waals surface area contributed by atoms with Crippen molar-refractivity contribution >= 4 is 6.03 Å². The van der Waals surface area contributed by atoms with Gasteiger partial charge in [0.25, 0.3) is 0 Å². The maximum atomic E-state index is 12.9. The lowest BCUT2D eigenvalue weighted by Crippen LogP contribution is -2.56. The van der Waals surface area contributed by atoms with Gasteiger partial charge < -0.3 is 15.1 Å². The zero-order valence-electron chi connectivity index (χ0n) is 14.5. The van der Waals surface area contributed by atoms with E-state index < -0.39 is 0 Å². The first-order valence-corrected chi connectivity index (χ1v) is 9.56. The largest absolute Gasteiger partial charge is 0.325 e. The molecule has 1 aromatic rings. The monoisotopic (exact) mass is 327 g/mol. The Hall–Kier alpha value is -1.55. The molecule has 24 heavy (non-hydrogen) atoms. The van der Waals surface area contributed by atoms with Crippen molar-refractivity contribution in [1.29, 1.82) is 0 Å². The topological polar surface area (TPSA) is 35.6 Å². The van der Waals surface area contributed by atoms with Crippen molar-refractivity contribution in [3.05, 3.63) is 35.9 Å². The molecular weight excluding hydrogens is 298 g/mol. The van der Waals surface area contributed by atoms with Crippen LogP contribution in [0.1, 0.15) is 24.8 Å². The number of likely N-dealkylation sites (tertiary alicyclic amines) is 2. The van der Waals surface area contributed by atoms with E-state index >= 15 is 0 Å². The Morgan fingerprint density at radius 1 is 1.00 bits per heavy atom. The van der Waals surface area contributed by atoms with Crippen molar-refractivity contribution < 1.29 is 4.79 Å². The highest BCUT2D eigenvalue weighted by Gasteiger charge is 2.35. The van der Waals surface area contributed by atoms with E-state index in [1.807, 2.05) is 0 Å². The Kier molecular flexibility index (Phi) is 4.74. The van der Waals surface area contributed by atoms with Gasteiger partial charge in [0.15, 0.2) is 0 Å². The van der Waals surface area contributed by atoms with Crippen molar-refractivity contribution in [3.8, 4) is 0 Å². The molecule has 0 aromatic heterocycles. The SMILES string of the molecule is O=C(N1CCC(Cc2ccccc2)CC1)N1C[C@@H]2CNC[C@@H](C2)C1. The number of hydrogen-bond donors (Lipinski definition) is 1. The maximum Gasteiger partial charge on any atom is 0.320 e. The summed E-state index contributed by atoms with van der Waals surface area (Å²) in [6.07, 6.45) is 4.74. The first-order chi connectivity index (χ1) is 11.8. The molecule has 0 aliphatic carbocycles. The number of nitrogens with zero attached hydrogens (tertiary/aromatic N) is 2. The summed E-state index contributed by atoms with van der Waals surface area (Å²) in [7, 11) is 0. The number of fused-ring (bicyclic) bond motifs is 2. The second-order valence-corrected chi connectivity index (χ2v) is 7.93. The highest BCUT2D eigenvalue weighted by molar-refractivity contribution is 5.74. The number of carbonyl (C=O) groups excluding carboxylic acids is 1. The Labute approximate surface area is 145 Å². The van der Waals surface area contributed by atoms with E-state index in [0.717, 1.165) is 64.4 Å². The minimum atomic E-state index is 0.296. The zero-order chi connectivity index (χ0) is 16.4. The van der Waals surface area contributed by atoms with Gasteiger partial charge in [-0.25, -0.2) is 4.79 Å². The molecule has 3 aliphatic rings. The summed E-state index contributed by atoms with van der Waals surface area (Å²) in [5.41, 5.74) is 1.43. The molecule has 2 amide bonds. The Morgan fingerprint density at radius 2 is 1.67 bits per heavy atom. The molecule has 4 nitrogen and oxygen atoms in total. The minimum absolute atomic E-state index is 0.296. The standard InChI is InChI=1S/C20H29N3O/c24-20(23-14-18-11-19(15-23)13-21-12-18)22-8-6-17(7-9-22)10-16-4-2-1-3-5-16/h1-5,17-19,21H,6-15H2/t18-,19+. The molecule has 3 heterocycles. The molecule has 2 bridgehead atoms. The van der Waals surface area contributed by atoms with E-state index in [1.54, 1.807) is 0 Å². The Bertz CT molecular complexity index is 541. The predicted octanol–water partition coefficient (Wildman–Crippen LogP) is 2.60. The van der Waals surface area contributed by atoms with E-state index in [1.165, 1.54) is 12.0 Å². The zero-order valence-corrected chi connectivity index (χ0v) is 14.5. The molecule has 1 aromatic carbocycles. The van der Waals surface area contributed by atoms with Crippen molar-refractivity contribution in [3.63, 3.8) is 0 Å². The van der Waals surface area contributed by atoms with Crippen LogP contribution in [0.5, 0.6) is 0 Å². The molecule has 2 atom stereocenters. The fourth-order valence-electron chi connectivity index (χ4n) is 4.74. The number of hydrogen-bond acceptors (Lipinski definition) is 2. The van der Waals surface area contributed by atoms with Gasteiger partial charge in [0.05, 0.1) is 0 Å². The minimum Gasteiger partial charge on any atom is -0.325 e. The lowest BCUT2D eigenvalue weighted by molar-refractivity contribution is 0.0816. The number of carbonyl (C=O) groups is 1. The quantitative estimate of drug-likeness (QED) is 0.906. The second-order valence-electron chi connectivity index (χ2n) is 7.93. The summed E-state index contributed by atoms with van der Waals surface area (Å²) < 4.78 is 0. The molecule has 3 saturated heterocycles. The highest BCUT2D eigenvalue weighted by atomic mass is 16.2. The van der Waals surface area contributed by atoms with E-state index in [-0.39, 0.29) is 0 Å². The van der Waals surface area contributed by atoms with Gasteiger partial charge in [0, 0.05) is 26.2 Å². The summed E-state index contributed by atoms with van der Waals surface area (Å²) in [5, 5.41) is 3.50. The summed E-state index contributed by atoms with van der Waals surface area (Å²) in [4.78, 5) is 17.1. The molecule has 3 aliphatic heterocycles. The smallest absolute Gasteiger partial charge is 0.320 e.